The summed E-state index contributed by atoms with van der Waals surface area (Å²) in [5.74, 6) is 0.764. The molecule has 3 rings (SSSR count). The second-order valence-electron chi connectivity index (χ2n) is 5.76. The van der Waals surface area contributed by atoms with Gasteiger partial charge in [0.25, 0.3) is 0 Å². The maximum absolute atomic E-state index is 12.3. The number of nitrogens with one attached hydrogen (secondary N) is 1. The topological polar surface area (TPSA) is 88.1 Å². The third kappa shape index (κ3) is 4.65. The number of anilines is 1. The van der Waals surface area contributed by atoms with E-state index in [1.54, 1.807) is 29.0 Å². The molecule has 0 aromatic carbocycles. The molecule has 0 saturated carbocycles. The fourth-order valence-corrected chi connectivity index (χ4v) is 4.36. The minimum absolute atomic E-state index is 0. The van der Waals surface area contributed by atoms with Gasteiger partial charge in [0.15, 0.2) is 0 Å². The van der Waals surface area contributed by atoms with Crippen molar-refractivity contribution in [3.63, 3.8) is 0 Å². The number of sulfonamides is 1. The molecule has 1 aliphatic heterocycles. The third-order valence-electron chi connectivity index (χ3n) is 4.05. The van der Waals surface area contributed by atoms with E-state index in [0.29, 0.717) is 38.4 Å². The molecule has 1 aliphatic rings. The van der Waals surface area contributed by atoms with Crippen molar-refractivity contribution >= 4 is 28.4 Å². The number of hydrogen-bond donors (Lipinski definition) is 1. The molecule has 0 aliphatic carbocycles. The number of halogens is 1. The summed E-state index contributed by atoms with van der Waals surface area (Å²) in [7, 11) is -3.17. The molecular formula is C16H22ClN5O2S. The standard InChI is InChI=1S/C16H21N5O2S.ClH/c1-2-8-24(22,23)21-7-4-15-13(9-17-10-14(15)12-21)11-20-16-18-5-3-6-19-16;/h3,5-6,9-10H,2,4,7-8,11-12H2,1H3,(H,18,19,20);1H. The molecule has 25 heavy (non-hydrogen) atoms. The highest BCUT2D eigenvalue weighted by atomic mass is 35.5. The van der Waals surface area contributed by atoms with E-state index in [0.717, 1.165) is 11.1 Å². The molecule has 136 valence electrons. The largest absolute Gasteiger partial charge is 0.350 e. The molecular weight excluding hydrogens is 362 g/mol. The summed E-state index contributed by atoms with van der Waals surface area (Å²) in [4.78, 5) is 12.6. The Morgan fingerprint density at radius 3 is 2.72 bits per heavy atom. The highest BCUT2D eigenvalue weighted by Gasteiger charge is 2.27. The van der Waals surface area contributed by atoms with E-state index in [1.165, 1.54) is 5.56 Å². The van der Waals surface area contributed by atoms with Gasteiger partial charge in [0.2, 0.25) is 16.0 Å². The van der Waals surface area contributed by atoms with Crippen molar-refractivity contribution in [1.29, 1.82) is 0 Å². The molecule has 0 bridgehead atoms. The minimum atomic E-state index is -3.17. The molecule has 0 saturated heterocycles. The summed E-state index contributed by atoms with van der Waals surface area (Å²) >= 11 is 0. The van der Waals surface area contributed by atoms with Crippen LogP contribution in [-0.2, 0) is 29.5 Å². The average Bonchev–Trinajstić information content (AvgIpc) is 2.60. The number of rotatable bonds is 6. The van der Waals surface area contributed by atoms with E-state index in [1.807, 2.05) is 13.1 Å². The highest BCUT2D eigenvalue weighted by Crippen LogP contribution is 2.24. The van der Waals surface area contributed by atoms with Crippen molar-refractivity contribution in [1.82, 2.24) is 19.3 Å². The molecule has 2 aromatic rings. The molecule has 0 spiro atoms. The van der Waals surface area contributed by atoms with E-state index in [9.17, 15) is 8.42 Å². The Hall–Kier alpha value is -1.77. The highest BCUT2D eigenvalue weighted by molar-refractivity contribution is 7.89. The first-order chi connectivity index (χ1) is 11.6. The van der Waals surface area contributed by atoms with Gasteiger partial charge in [0.1, 0.15) is 0 Å². The van der Waals surface area contributed by atoms with Gasteiger partial charge in [-0.1, -0.05) is 6.92 Å². The van der Waals surface area contributed by atoms with Crippen LogP contribution in [0.2, 0.25) is 0 Å². The van der Waals surface area contributed by atoms with Crippen LogP contribution in [0.5, 0.6) is 0 Å². The summed E-state index contributed by atoms with van der Waals surface area (Å²) < 4.78 is 26.1. The molecule has 7 nitrogen and oxygen atoms in total. The van der Waals surface area contributed by atoms with Gasteiger partial charge in [-0.25, -0.2) is 18.4 Å². The number of nitrogens with zero attached hydrogens (tertiary/aromatic N) is 4. The third-order valence-corrected chi connectivity index (χ3v) is 6.07. The predicted molar refractivity (Wildman–Crippen MR) is 99.0 cm³/mol. The van der Waals surface area contributed by atoms with Gasteiger partial charge < -0.3 is 5.32 Å². The van der Waals surface area contributed by atoms with Crippen LogP contribution in [0, 0.1) is 0 Å². The molecule has 0 unspecified atom stereocenters. The summed E-state index contributed by atoms with van der Waals surface area (Å²) in [5, 5.41) is 3.18. The van der Waals surface area contributed by atoms with E-state index in [4.69, 9.17) is 0 Å². The zero-order chi connectivity index (χ0) is 17.0. The van der Waals surface area contributed by atoms with Gasteiger partial charge in [0.05, 0.1) is 5.75 Å². The lowest BCUT2D eigenvalue weighted by Gasteiger charge is -2.29. The van der Waals surface area contributed by atoms with E-state index in [2.05, 4.69) is 20.3 Å². The molecule has 1 N–H and O–H groups in total. The van der Waals surface area contributed by atoms with Crippen LogP contribution in [0.3, 0.4) is 0 Å². The maximum atomic E-state index is 12.3. The Bertz CT molecular complexity index is 801. The Balaban J connectivity index is 0.00000225. The molecule has 0 amide bonds. The van der Waals surface area contributed by atoms with Crippen molar-refractivity contribution in [2.45, 2.75) is 32.9 Å². The van der Waals surface area contributed by atoms with Gasteiger partial charge in [-0.2, -0.15) is 4.31 Å². The Morgan fingerprint density at radius 2 is 2.00 bits per heavy atom. The summed E-state index contributed by atoms with van der Waals surface area (Å²) in [6.45, 7) is 3.38. The van der Waals surface area contributed by atoms with Crippen LogP contribution in [0.4, 0.5) is 5.95 Å². The van der Waals surface area contributed by atoms with Gasteiger partial charge in [-0.3, -0.25) is 4.98 Å². The predicted octanol–water partition coefficient (Wildman–Crippen LogP) is 2.00. The molecule has 9 heteroatoms. The molecule has 0 fully saturated rings. The van der Waals surface area contributed by atoms with Crippen molar-refractivity contribution < 1.29 is 8.42 Å². The maximum Gasteiger partial charge on any atom is 0.222 e. The Kier molecular flexibility index (Phi) is 6.69. The van der Waals surface area contributed by atoms with Crippen molar-refractivity contribution in [2.24, 2.45) is 0 Å². The first-order valence-corrected chi connectivity index (χ1v) is 9.64. The van der Waals surface area contributed by atoms with Gasteiger partial charge in [-0.05, 0) is 35.6 Å². The zero-order valence-electron chi connectivity index (χ0n) is 14.1. The van der Waals surface area contributed by atoms with E-state index >= 15 is 0 Å². The molecule has 2 aromatic heterocycles. The van der Waals surface area contributed by atoms with E-state index < -0.39 is 10.0 Å². The fourth-order valence-electron chi connectivity index (χ4n) is 2.88. The summed E-state index contributed by atoms with van der Waals surface area (Å²) in [5.41, 5.74) is 3.22. The minimum Gasteiger partial charge on any atom is -0.350 e. The SMILES string of the molecule is CCCS(=O)(=O)N1CCc2c(CNc3ncccn3)cncc2C1.Cl. The van der Waals surface area contributed by atoms with Crippen LogP contribution < -0.4 is 5.32 Å². The fraction of sp³-hybridized carbons (Fsp3) is 0.438. The first-order valence-electron chi connectivity index (χ1n) is 8.03. The Labute approximate surface area is 154 Å². The monoisotopic (exact) mass is 383 g/mol. The first kappa shape index (κ1) is 19.6. The quantitative estimate of drug-likeness (QED) is 0.820. The van der Waals surface area contributed by atoms with Crippen LogP contribution >= 0.6 is 12.4 Å². The second kappa shape index (κ2) is 8.55. The number of fused-ring (bicyclic) bond motifs is 1. The zero-order valence-corrected chi connectivity index (χ0v) is 15.7. The number of hydrogen-bond acceptors (Lipinski definition) is 6. The summed E-state index contributed by atoms with van der Waals surface area (Å²) in [6, 6.07) is 1.77. The molecule has 0 atom stereocenters. The molecule has 3 heterocycles. The van der Waals surface area contributed by atoms with Crippen LogP contribution in [-0.4, -0.2) is 40.0 Å². The normalized spacial score (nSPS) is 14.4. The van der Waals surface area contributed by atoms with Crippen LogP contribution in [0.15, 0.2) is 30.9 Å². The lowest BCUT2D eigenvalue weighted by atomic mass is 9.98. The van der Waals surface area contributed by atoms with Crippen molar-refractivity contribution in [2.75, 3.05) is 17.6 Å². The van der Waals surface area contributed by atoms with Crippen LogP contribution in [0.1, 0.15) is 30.0 Å². The average molecular weight is 384 g/mol. The molecule has 0 radical (unpaired) electrons. The number of aromatic nitrogens is 3. The Morgan fingerprint density at radius 1 is 1.24 bits per heavy atom. The lowest BCUT2D eigenvalue weighted by molar-refractivity contribution is 0.389. The van der Waals surface area contributed by atoms with Crippen molar-refractivity contribution in [3.8, 4) is 0 Å². The van der Waals surface area contributed by atoms with E-state index in [-0.39, 0.29) is 18.2 Å². The smallest absolute Gasteiger partial charge is 0.222 e. The van der Waals surface area contributed by atoms with Gasteiger partial charge in [-0.15, -0.1) is 12.4 Å². The second-order valence-corrected chi connectivity index (χ2v) is 7.85. The van der Waals surface area contributed by atoms with Gasteiger partial charge >= 0.3 is 0 Å². The van der Waals surface area contributed by atoms with Crippen molar-refractivity contribution in [3.05, 3.63) is 47.5 Å². The van der Waals surface area contributed by atoms with Crippen LogP contribution in [0.25, 0.3) is 0 Å². The van der Waals surface area contributed by atoms with Gasteiger partial charge in [0, 0.05) is 44.4 Å². The lowest BCUT2D eigenvalue weighted by Crippen LogP contribution is -2.37. The number of pyridine rings is 1. The summed E-state index contributed by atoms with van der Waals surface area (Å²) in [6.07, 6.45) is 8.30.